The maximum Gasteiger partial charge on any atom is 0.268 e. The molecule has 1 N–H and O–H groups in total. The predicted molar refractivity (Wildman–Crippen MR) is 106 cm³/mol. The summed E-state index contributed by atoms with van der Waals surface area (Å²) in [4.78, 5) is 16.6. The smallest absolute Gasteiger partial charge is 0.268 e. The Morgan fingerprint density at radius 1 is 0.852 bits per heavy atom. The highest BCUT2D eigenvalue weighted by molar-refractivity contribution is 5.58. The first-order valence-corrected chi connectivity index (χ1v) is 9.09. The number of phenols is 1. The molecule has 1 aliphatic heterocycles. The molecule has 0 amide bonds. The Labute approximate surface area is 157 Å². The molecule has 0 radical (unpaired) electrons. The Kier molecular flexibility index (Phi) is 4.89. The summed E-state index contributed by atoms with van der Waals surface area (Å²) in [6, 6.07) is 20.6. The van der Waals surface area contributed by atoms with E-state index in [0.717, 1.165) is 43.1 Å². The first-order valence-electron chi connectivity index (χ1n) is 9.09. The van der Waals surface area contributed by atoms with Gasteiger partial charge in [-0.2, -0.15) is 5.10 Å². The van der Waals surface area contributed by atoms with E-state index in [1.165, 1.54) is 4.68 Å². The molecule has 3 aromatic rings. The molecule has 1 saturated heterocycles. The second-order valence-corrected chi connectivity index (χ2v) is 6.66. The van der Waals surface area contributed by atoms with Gasteiger partial charge in [-0.3, -0.25) is 9.69 Å². The van der Waals surface area contributed by atoms with E-state index in [0.29, 0.717) is 12.4 Å². The maximum absolute atomic E-state index is 12.2. The van der Waals surface area contributed by atoms with E-state index in [1.807, 2.05) is 48.5 Å². The Bertz CT molecular complexity index is 963. The lowest BCUT2D eigenvalue weighted by Gasteiger charge is -2.36. The average molecular weight is 362 g/mol. The van der Waals surface area contributed by atoms with Crippen molar-refractivity contribution in [1.82, 2.24) is 14.7 Å². The van der Waals surface area contributed by atoms with E-state index in [1.54, 1.807) is 18.2 Å². The van der Waals surface area contributed by atoms with Crippen molar-refractivity contribution in [1.29, 1.82) is 0 Å². The van der Waals surface area contributed by atoms with Gasteiger partial charge in [-0.25, -0.2) is 4.68 Å². The van der Waals surface area contributed by atoms with Gasteiger partial charge in [-0.1, -0.05) is 42.5 Å². The van der Waals surface area contributed by atoms with Gasteiger partial charge < -0.3 is 10.0 Å². The fraction of sp³-hybridized carbons (Fsp3) is 0.238. The zero-order valence-corrected chi connectivity index (χ0v) is 15.0. The second-order valence-electron chi connectivity index (χ2n) is 6.66. The standard InChI is InChI=1S/C21H22N4O2/c26-20-9-5-4-8-19(20)24-14-12-23(13-15-24)16-25-21(27)11-10-18(22-25)17-6-2-1-3-7-17/h1-11,26H,12-16H2. The van der Waals surface area contributed by atoms with Crippen molar-refractivity contribution in [2.75, 3.05) is 31.1 Å². The van der Waals surface area contributed by atoms with Gasteiger partial charge in [0.1, 0.15) is 5.75 Å². The van der Waals surface area contributed by atoms with Crippen LogP contribution in [0.3, 0.4) is 0 Å². The maximum atomic E-state index is 12.2. The van der Waals surface area contributed by atoms with E-state index in [2.05, 4.69) is 14.9 Å². The van der Waals surface area contributed by atoms with Crippen LogP contribution in [0.25, 0.3) is 11.3 Å². The number of aromatic hydroxyl groups is 1. The van der Waals surface area contributed by atoms with Crippen LogP contribution in [-0.4, -0.2) is 46.0 Å². The number of benzene rings is 2. The Morgan fingerprint density at radius 3 is 2.30 bits per heavy atom. The van der Waals surface area contributed by atoms with Gasteiger partial charge in [0, 0.05) is 37.8 Å². The number of aromatic nitrogens is 2. The zero-order chi connectivity index (χ0) is 18.6. The van der Waals surface area contributed by atoms with Gasteiger partial charge in [0.2, 0.25) is 0 Å². The van der Waals surface area contributed by atoms with Crippen LogP contribution in [0.1, 0.15) is 0 Å². The highest BCUT2D eigenvalue weighted by Gasteiger charge is 2.19. The number of rotatable bonds is 4. The van der Waals surface area contributed by atoms with Crippen LogP contribution < -0.4 is 10.5 Å². The molecule has 0 atom stereocenters. The van der Waals surface area contributed by atoms with Crippen LogP contribution in [0.4, 0.5) is 5.69 Å². The minimum Gasteiger partial charge on any atom is -0.506 e. The van der Waals surface area contributed by atoms with Crippen LogP contribution in [0, 0.1) is 0 Å². The van der Waals surface area contributed by atoms with Crippen LogP contribution in [0.5, 0.6) is 5.75 Å². The van der Waals surface area contributed by atoms with Crippen molar-refractivity contribution < 1.29 is 5.11 Å². The molecule has 2 heterocycles. The third-order valence-electron chi connectivity index (χ3n) is 4.86. The molecule has 4 rings (SSSR count). The van der Waals surface area contributed by atoms with E-state index in [4.69, 9.17) is 0 Å². The van der Waals surface area contributed by atoms with Crippen LogP contribution in [0.15, 0.2) is 71.5 Å². The molecular weight excluding hydrogens is 340 g/mol. The Balaban J connectivity index is 1.45. The molecule has 1 aromatic heterocycles. The van der Waals surface area contributed by atoms with Gasteiger partial charge in [0.05, 0.1) is 18.1 Å². The molecule has 0 bridgehead atoms. The predicted octanol–water partition coefficient (Wildman–Crippen LogP) is 2.40. The summed E-state index contributed by atoms with van der Waals surface area (Å²) in [6.45, 7) is 3.67. The van der Waals surface area contributed by atoms with Crippen LogP contribution in [0.2, 0.25) is 0 Å². The lowest BCUT2D eigenvalue weighted by atomic mass is 10.1. The number of nitrogens with zero attached hydrogens (tertiary/aromatic N) is 4. The molecule has 6 nitrogen and oxygen atoms in total. The molecule has 0 aliphatic carbocycles. The SMILES string of the molecule is O=c1ccc(-c2ccccc2)nn1CN1CCN(c2ccccc2O)CC1. The summed E-state index contributed by atoms with van der Waals surface area (Å²) in [6.07, 6.45) is 0. The topological polar surface area (TPSA) is 61.6 Å². The van der Waals surface area contributed by atoms with Gasteiger partial charge in [0.15, 0.2) is 0 Å². The minimum atomic E-state index is -0.0992. The van der Waals surface area contributed by atoms with Gasteiger partial charge >= 0.3 is 0 Å². The van der Waals surface area contributed by atoms with E-state index in [-0.39, 0.29) is 5.56 Å². The first-order chi connectivity index (χ1) is 13.2. The number of phenolic OH excluding ortho intramolecular Hbond substituents is 1. The Hall–Kier alpha value is -3.12. The number of hydrogen-bond donors (Lipinski definition) is 1. The quantitative estimate of drug-likeness (QED) is 0.772. The summed E-state index contributed by atoms with van der Waals surface area (Å²) in [5.41, 5.74) is 2.55. The normalized spacial score (nSPS) is 15.0. The van der Waals surface area contributed by atoms with Gasteiger partial charge in [0.25, 0.3) is 5.56 Å². The van der Waals surface area contributed by atoms with E-state index in [9.17, 15) is 9.90 Å². The van der Waals surface area contributed by atoms with Crippen molar-refractivity contribution in [2.45, 2.75) is 6.67 Å². The number of piperazine rings is 1. The fourth-order valence-electron chi connectivity index (χ4n) is 3.36. The summed E-state index contributed by atoms with van der Waals surface area (Å²) >= 11 is 0. The molecule has 1 fully saturated rings. The summed E-state index contributed by atoms with van der Waals surface area (Å²) < 4.78 is 1.53. The molecule has 6 heteroatoms. The zero-order valence-electron chi connectivity index (χ0n) is 15.0. The summed E-state index contributed by atoms with van der Waals surface area (Å²) in [5.74, 6) is 0.305. The van der Waals surface area contributed by atoms with Crippen LogP contribution in [-0.2, 0) is 6.67 Å². The molecule has 2 aromatic carbocycles. The van der Waals surface area contributed by atoms with Crippen molar-refractivity contribution in [3.05, 3.63) is 77.1 Å². The molecule has 27 heavy (non-hydrogen) atoms. The van der Waals surface area contributed by atoms with Crippen molar-refractivity contribution in [3.8, 4) is 17.0 Å². The highest BCUT2D eigenvalue weighted by Crippen LogP contribution is 2.27. The van der Waals surface area contributed by atoms with E-state index < -0.39 is 0 Å². The fourth-order valence-corrected chi connectivity index (χ4v) is 3.36. The highest BCUT2D eigenvalue weighted by atomic mass is 16.3. The Morgan fingerprint density at radius 2 is 1.56 bits per heavy atom. The second kappa shape index (κ2) is 7.63. The molecule has 0 saturated carbocycles. The first kappa shape index (κ1) is 17.3. The lowest BCUT2D eigenvalue weighted by molar-refractivity contribution is 0.191. The van der Waals surface area contributed by atoms with Crippen molar-refractivity contribution >= 4 is 5.69 Å². The monoisotopic (exact) mass is 362 g/mol. The third-order valence-corrected chi connectivity index (χ3v) is 4.86. The van der Waals surface area contributed by atoms with Gasteiger partial charge in [-0.15, -0.1) is 0 Å². The van der Waals surface area contributed by atoms with Gasteiger partial charge in [-0.05, 0) is 18.2 Å². The largest absolute Gasteiger partial charge is 0.506 e. The number of para-hydroxylation sites is 2. The molecule has 0 unspecified atom stereocenters. The number of anilines is 1. The van der Waals surface area contributed by atoms with Crippen molar-refractivity contribution in [3.63, 3.8) is 0 Å². The number of hydrogen-bond acceptors (Lipinski definition) is 5. The van der Waals surface area contributed by atoms with Crippen LogP contribution >= 0.6 is 0 Å². The third kappa shape index (κ3) is 3.85. The molecular formula is C21H22N4O2. The molecule has 0 spiro atoms. The van der Waals surface area contributed by atoms with E-state index >= 15 is 0 Å². The summed E-state index contributed by atoms with van der Waals surface area (Å²) in [7, 11) is 0. The molecule has 1 aliphatic rings. The summed E-state index contributed by atoms with van der Waals surface area (Å²) in [5, 5.41) is 14.6. The average Bonchev–Trinajstić information content (AvgIpc) is 2.71. The minimum absolute atomic E-state index is 0.0992. The lowest BCUT2D eigenvalue weighted by Crippen LogP contribution is -2.48. The molecule has 138 valence electrons. The van der Waals surface area contributed by atoms with Crippen molar-refractivity contribution in [2.24, 2.45) is 0 Å².